The van der Waals surface area contributed by atoms with Crippen LogP contribution >= 0.6 is 11.8 Å². The number of fused-ring (bicyclic) bond motifs is 1. The Kier molecular flexibility index (Phi) is 4.88. The number of carbonyl (C=O) groups excluding carboxylic acids is 1. The van der Waals surface area contributed by atoms with Crippen LogP contribution in [0.15, 0.2) is 36.4 Å². The summed E-state index contributed by atoms with van der Waals surface area (Å²) in [6.45, 7) is 2.34. The highest BCUT2D eigenvalue weighted by molar-refractivity contribution is 7.99. The third-order valence-electron chi connectivity index (χ3n) is 3.81. The second-order valence-corrected chi connectivity index (χ2v) is 6.71. The maximum atomic E-state index is 11.7. The highest BCUT2D eigenvalue weighted by atomic mass is 32.2. The van der Waals surface area contributed by atoms with Crippen molar-refractivity contribution in [3.05, 3.63) is 42.0 Å². The fourth-order valence-corrected chi connectivity index (χ4v) is 4.13. The summed E-state index contributed by atoms with van der Waals surface area (Å²) in [5, 5.41) is 2.69. The Balaban J connectivity index is 1.92. The molecule has 116 valence electrons. The van der Waals surface area contributed by atoms with Crippen LogP contribution in [0.4, 0.5) is 4.79 Å². The fourth-order valence-electron chi connectivity index (χ4n) is 2.79. The van der Waals surface area contributed by atoms with Crippen molar-refractivity contribution in [2.75, 3.05) is 12.4 Å². The number of carbonyl (C=O) groups is 1. The SMILES string of the molecule is CCCOC(=O)Oc1ccc(C2CCCS2)c2ccccc12. The van der Waals surface area contributed by atoms with Gasteiger partial charge in [0, 0.05) is 10.6 Å². The molecule has 1 aliphatic heterocycles. The summed E-state index contributed by atoms with van der Waals surface area (Å²) in [6.07, 6.45) is 2.64. The lowest BCUT2D eigenvalue weighted by Crippen LogP contribution is -2.11. The standard InChI is InChI=1S/C18H20O3S/c1-2-11-20-18(19)21-16-10-9-15(17-8-5-12-22-17)13-6-3-4-7-14(13)16/h3-4,6-7,9-10,17H,2,5,8,11-12H2,1H3. The highest BCUT2D eigenvalue weighted by Gasteiger charge is 2.21. The van der Waals surface area contributed by atoms with Crippen LogP contribution in [0, 0.1) is 0 Å². The number of hydrogen-bond donors (Lipinski definition) is 0. The number of rotatable bonds is 4. The maximum Gasteiger partial charge on any atom is 0.513 e. The molecule has 4 heteroatoms. The second-order valence-electron chi connectivity index (χ2n) is 5.40. The van der Waals surface area contributed by atoms with Gasteiger partial charge in [-0.3, -0.25) is 0 Å². The predicted molar refractivity (Wildman–Crippen MR) is 90.6 cm³/mol. The van der Waals surface area contributed by atoms with Crippen LogP contribution < -0.4 is 4.74 Å². The topological polar surface area (TPSA) is 35.5 Å². The van der Waals surface area contributed by atoms with E-state index >= 15 is 0 Å². The van der Waals surface area contributed by atoms with Crippen LogP contribution in [-0.4, -0.2) is 18.5 Å². The molecule has 1 unspecified atom stereocenters. The number of hydrogen-bond acceptors (Lipinski definition) is 4. The molecule has 0 N–H and O–H groups in total. The van der Waals surface area contributed by atoms with Gasteiger partial charge in [-0.05, 0) is 42.0 Å². The minimum Gasteiger partial charge on any atom is -0.434 e. The lowest BCUT2D eigenvalue weighted by molar-refractivity contribution is 0.0997. The Morgan fingerprint density at radius 3 is 2.77 bits per heavy atom. The number of thioether (sulfide) groups is 1. The van der Waals surface area contributed by atoms with Crippen molar-refractivity contribution in [1.29, 1.82) is 0 Å². The van der Waals surface area contributed by atoms with E-state index in [0.717, 1.165) is 11.8 Å². The van der Waals surface area contributed by atoms with Crippen molar-refractivity contribution < 1.29 is 14.3 Å². The van der Waals surface area contributed by atoms with Gasteiger partial charge in [-0.25, -0.2) is 4.79 Å². The third kappa shape index (κ3) is 3.22. The summed E-state index contributed by atoms with van der Waals surface area (Å²) < 4.78 is 10.4. The quantitative estimate of drug-likeness (QED) is 0.564. The number of ether oxygens (including phenoxy) is 2. The van der Waals surface area contributed by atoms with Crippen molar-refractivity contribution in [2.24, 2.45) is 0 Å². The van der Waals surface area contributed by atoms with E-state index in [1.54, 1.807) is 0 Å². The second kappa shape index (κ2) is 7.05. The van der Waals surface area contributed by atoms with E-state index in [4.69, 9.17) is 9.47 Å². The average molecular weight is 316 g/mol. The Morgan fingerprint density at radius 2 is 2.05 bits per heavy atom. The first-order valence-corrected chi connectivity index (χ1v) is 8.82. The molecule has 0 radical (unpaired) electrons. The van der Waals surface area contributed by atoms with Crippen molar-refractivity contribution in [3.8, 4) is 5.75 Å². The molecule has 3 nitrogen and oxygen atoms in total. The molecule has 1 atom stereocenters. The summed E-state index contributed by atoms with van der Waals surface area (Å²) >= 11 is 2.01. The van der Waals surface area contributed by atoms with E-state index < -0.39 is 6.16 Å². The minimum atomic E-state index is -0.630. The molecule has 1 heterocycles. The summed E-state index contributed by atoms with van der Waals surface area (Å²) in [5.41, 5.74) is 1.34. The van der Waals surface area contributed by atoms with Crippen molar-refractivity contribution >= 4 is 28.7 Å². The van der Waals surface area contributed by atoms with Gasteiger partial charge in [-0.15, -0.1) is 0 Å². The van der Waals surface area contributed by atoms with Crippen molar-refractivity contribution in [1.82, 2.24) is 0 Å². The van der Waals surface area contributed by atoms with Crippen LogP contribution in [-0.2, 0) is 4.74 Å². The van der Waals surface area contributed by atoms with E-state index in [-0.39, 0.29) is 0 Å². The van der Waals surface area contributed by atoms with Gasteiger partial charge in [0.05, 0.1) is 6.61 Å². The Hall–Kier alpha value is -1.68. The zero-order valence-electron chi connectivity index (χ0n) is 12.7. The maximum absolute atomic E-state index is 11.7. The lowest BCUT2D eigenvalue weighted by Gasteiger charge is -2.15. The molecule has 0 saturated carbocycles. The van der Waals surface area contributed by atoms with Crippen LogP contribution in [0.3, 0.4) is 0 Å². The lowest BCUT2D eigenvalue weighted by atomic mass is 9.99. The van der Waals surface area contributed by atoms with E-state index in [1.165, 1.54) is 29.5 Å². The highest BCUT2D eigenvalue weighted by Crippen LogP contribution is 2.44. The Labute approximate surface area is 135 Å². The van der Waals surface area contributed by atoms with Gasteiger partial charge in [0.2, 0.25) is 0 Å². The molecule has 1 aliphatic rings. The average Bonchev–Trinajstić information content (AvgIpc) is 3.07. The molecule has 0 aromatic heterocycles. The molecule has 3 rings (SSSR count). The summed E-state index contributed by atoms with van der Waals surface area (Å²) in [7, 11) is 0. The van der Waals surface area contributed by atoms with Gasteiger partial charge in [-0.2, -0.15) is 11.8 Å². The van der Waals surface area contributed by atoms with E-state index in [2.05, 4.69) is 12.1 Å². The molecule has 2 aromatic carbocycles. The van der Waals surface area contributed by atoms with Crippen LogP contribution in [0.25, 0.3) is 10.8 Å². The van der Waals surface area contributed by atoms with Crippen LogP contribution in [0.1, 0.15) is 37.0 Å². The van der Waals surface area contributed by atoms with E-state index in [9.17, 15) is 4.79 Å². The largest absolute Gasteiger partial charge is 0.513 e. The van der Waals surface area contributed by atoms with Crippen LogP contribution in [0.5, 0.6) is 5.75 Å². The summed E-state index contributed by atoms with van der Waals surface area (Å²) in [5.74, 6) is 1.80. The smallest absolute Gasteiger partial charge is 0.434 e. The zero-order valence-corrected chi connectivity index (χ0v) is 13.5. The van der Waals surface area contributed by atoms with Gasteiger partial charge >= 0.3 is 6.16 Å². The van der Waals surface area contributed by atoms with Gasteiger partial charge in [-0.1, -0.05) is 37.3 Å². The van der Waals surface area contributed by atoms with E-state index in [0.29, 0.717) is 17.6 Å². The Bertz CT molecular complexity index is 662. The fraction of sp³-hybridized carbons (Fsp3) is 0.389. The molecule has 0 aliphatic carbocycles. The molecule has 0 spiro atoms. The van der Waals surface area contributed by atoms with Gasteiger partial charge in [0.1, 0.15) is 5.75 Å². The van der Waals surface area contributed by atoms with Gasteiger partial charge in [0.15, 0.2) is 0 Å². The number of benzene rings is 2. The molecule has 1 saturated heterocycles. The molecule has 22 heavy (non-hydrogen) atoms. The van der Waals surface area contributed by atoms with Crippen molar-refractivity contribution in [3.63, 3.8) is 0 Å². The summed E-state index contributed by atoms with van der Waals surface area (Å²) in [6, 6.07) is 12.1. The molecule has 0 amide bonds. The Morgan fingerprint density at radius 1 is 1.23 bits per heavy atom. The van der Waals surface area contributed by atoms with Gasteiger partial charge < -0.3 is 9.47 Å². The summed E-state index contributed by atoms with van der Waals surface area (Å²) in [4.78, 5) is 11.7. The molecular formula is C18H20O3S. The monoisotopic (exact) mass is 316 g/mol. The first kappa shape index (κ1) is 15.2. The third-order valence-corrected chi connectivity index (χ3v) is 5.23. The zero-order chi connectivity index (χ0) is 15.4. The molecule has 1 fully saturated rings. The molecule has 2 aromatic rings. The molecule has 0 bridgehead atoms. The van der Waals surface area contributed by atoms with Gasteiger partial charge in [0.25, 0.3) is 0 Å². The van der Waals surface area contributed by atoms with Crippen molar-refractivity contribution in [2.45, 2.75) is 31.4 Å². The van der Waals surface area contributed by atoms with E-state index in [1.807, 2.05) is 43.0 Å². The molecular weight excluding hydrogens is 296 g/mol. The minimum absolute atomic E-state index is 0.383. The normalized spacial score (nSPS) is 17.6. The first-order chi connectivity index (χ1) is 10.8. The van der Waals surface area contributed by atoms with Crippen LogP contribution in [0.2, 0.25) is 0 Å². The predicted octanol–water partition coefficient (Wildman–Crippen LogP) is 5.33. The first-order valence-electron chi connectivity index (χ1n) is 7.77.